The quantitative estimate of drug-likeness (QED) is 0.440. The van der Waals surface area contributed by atoms with Gasteiger partial charge in [0, 0.05) is 0 Å². The number of hydrogen-bond donors (Lipinski definition) is 2. The highest BCUT2D eigenvalue weighted by molar-refractivity contribution is 5.84. The van der Waals surface area contributed by atoms with Crippen LogP contribution in [0.1, 0.15) is 0 Å². The zero-order valence-corrected chi connectivity index (χ0v) is 15.3. The molecule has 0 aliphatic rings. The SMILES string of the molecule is O=C(COC(=O)CNC(=O)COc1ccccc1)NCCOc1ccccc1. The van der Waals surface area contributed by atoms with Gasteiger partial charge in [-0.05, 0) is 24.3 Å². The van der Waals surface area contributed by atoms with Crippen LogP contribution in [0, 0.1) is 0 Å². The number of carbonyl (C=O) groups excluding carboxylic acids is 3. The highest BCUT2D eigenvalue weighted by atomic mass is 16.5. The van der Waals surface area contributed by atoms with Gasteiger partial charge < -0.3 is 24.8 Å². The molecule has 0 aliphatic heterocycles. The maximum atomic E-state index is 11.6. The maximum Gasteiger partial charge on any atom is 0.325 e. The Kier molecular flexibility index (Phi) is 8.86. The summed E-state index contributed by atoms with van der Waals surface area (Å²) in [5, 5.41) is 4.92. The highest BCUT2D eigenvalue weighted by Gasteiger charge is 2.10. The fraction of sp³-hybridized carbons (Fsp3) is 0.250. The molecule has 0 aromatic heterocycles. The number of hydrogen-bond acceptors (Lipinski definition) is 6. The molecule has 0 radical (unpaired) electrons. The summed E-state index contributed by atoms with van der Waals surface area (Å²) in [4.78, 5) is 34.8. The minimum Gasteiger partial charge on any atom is -0.492 e. The Labute approximate surface area is 162 Å². The van der Waals surface area contributed by atoms with Gasteiger partial charge in [0.15, 0.2) is 13.2 Å². The first kappa shape index (κ1) is 20.8. The first-order chi connectivity index (χ1) is 13.6. The Bertz CT molecular complexity index is 752. The van der Waals surface area contributed by atoms with Gasteiger partial charge in [-0.25, -0.2) is 0 Å². The Morgan fingerprint density at radius 1 is 0.714 bits per heavy atom. The Balaban J connectivity index is 1.50. The monoisotopic (exact) mass is 386 g/mol. The summed E-state index contributed by atoms with van der Waals surface area (Å²) in [6.45, 7) is -0.429. The van der Waals surface area contributed by atoms with E-state index in [4.69, 9.17) is 14.2 Å². The molecule has 2 N–H and O–H groups in total. The number of rotatable bonds is 11. The van der Waals surface area contributed by atoms with Crippen molar-refractivity contribution in [2.45, 2.75) is 0 Å². The van der Waals surface area contributed by atoms with Gasteiger partial charge >= 0.3 is 5.97 Å². The average Bonchev–Trinajstić information content (AvgIpc) is 2.74. The summed E-state index contributed by atoms with van der Waals surface area (Å²) < 4.78 is 15.5. The van der Waals surface area contributed by atoms with Crippen LogP contribution in [0.5, 0.6) is 11.5 Å². The van der Waals surface area contributed by atoms with Crippen molar-refractivity contribution in [1.29, 1.82) is 0 Å². The number of esters is 1. The molecule has 0 atom stereocenters. The van der Waals surface area contributed by atoms with E-state index in [-0.39, 0.29) is 19.7 Å². The molecule has 8 nitrogen and oxygen atoms in total. The number of benzene rings is 2. The van der Waals surface area contributed by atoms with Crippen molar-refractivity contribution >= 4 is 17.8 Å². The summed E-state index contributed by atoms with van der Waals surface area (Å²) in [5.74, 6) is -0.390. The molecular formula is C20H22N2O6. The average molecular weight is 386 g/mol. The van der Waals surface area contributed by atoms with Crippen LogP contribution >= 0.6 is 0 Å². The lowest BCUT2D eigenvalue weighted by Gasteiger charge is -2.09. The minimum absolute atomic E-state index is 0.223. The summed E-state index contributed by atoms with van der Waals surface area (Å²) in [6.07, 6.45) is 0. The zero-order chi connectivity index (χ0) is 20.0. The van der Waals surface area contributed by atoms with Gasteiger partial charge in [-0.15, -0.1) is 0 Å². The van der Waals surface area contributed by atoms with Crippen molar-refractivity contribution in [3.63, 3.8) is 0 Å². The van der Waals surface area contributed by atoms with E-state index in [2.05, 4.69) is 10.6 Å². The van der Waals surface area contributed by atoms with Crippen molar-refractivity contribution in [2.75, 3.05) is 32.9 Å². The van der Waals surface area contributed by atoms with E-state index in [0.29, 0.717) is 18.1 Å². The molecule has 28 heavy (non-hydrogen) atoms. The van der Waals surface area contributed by atoms with Crippen LogP contribution in [0.3, 0.4) is 0 Å². The van der Waals surface area contributed by atoms with Crippen molar-refractivity contribution in [3.05, 3.63) is 60.7 Å². The van der Waals surface area contributed by atoms with Crippen molar-refractivity contribution in [3.8, 4) is 11.5 Å². The molecule has 2 rings (SSSR count). The summed E-state index contributed by atoms with van der Waals surface area (Å²) in [5.41, 5.74) is 0. The van der Waals surface area contributed by atoms with Gasteiger partial charge in [0.2, 0.25) is 0 Å². The summed E-state index contributed by atoms with van der Waals surface area (Å²) in [6, 6.07) is 18.0. The van der Waals surface area contributed by atoms with Crippen LogP contribution in [-0.2, 0) is 19.1 Å². The molecule has 0 saturated heterocycles. The van der Waals surface area contributed by atoms with Crippen LogP contribution < -0.4 is 20.1 Å². The van der Waals surface area contributed by atoms with E-state index in [1.807, 2.05) is 36.4 Å². The first-order valence-corrected chi connectivity index (χ1v) is 8.68. The van der Waals surface area contributed by atoms with Crippen LogP contribution in [0.4, 0.5) is 0 Å². The third kappa shape index (κ3) is 8.70. The minimum atomic E-state index is -0.719. The van der Waals surface area contributed by atoms with Crippen LogP contribution in [-0.4, -0.2) is 50.7 Å². The van der Waals surface area contributed by atoms with Crippen LogP contribution in [0.2, 0.25) is 0 Å². The number of nitrogens with one attached hydrogen (secondary N) is 2. The molecule has 2 aromatic rings. The van der Waals surface area contributed by atoms with Crippen LogP contribution in [0.25, 0.3) is 0 Å². The summed E-state index contributed by atoms with van der Waals surface area (Å²) >= 11 is 0. The Morgan fingerprint density at radius 3 is 1.93 bits per heavy atom. The molecule has 148 valence electrons. The van der Waals surface area contributed by atoms with Crippen molar-refractivity contribution in [1.82, 2.24) is 10.6 Å². The molecule has 0 heterocycles. The predicted molar refractivity (Wildman–Crippen MR) is 101 cm³/mol. The highest BCUT2D eigenvalue weighted by Crippen LogP contribution is 2.08. The van der Waals surface area contributed by atoms with E-state index in [1.54, 1.807) is 24.3 Å². The lowest BCUT2D eigenvalue weighted by Crippen LogP contribution is -2.36. The fourth-order valence-electron chi connectivity index (χ4n) is 2.01. The second kappa shape index (κ2) is 11.9. The molecule has 0 saturated carbocycles. The first-order valence-electron chi connectivity index (χ1n) is 8.68. The molecule has 0 bridgehead atoms. The molecule has 0 fully saturated rings. The molecule has 2 aromatic carbocycles. The van der Waals surface area contributed by atoms with Crippen molar-refractivity contribution in [2.24, 2.45) is 0 Å². The van der Waals surface area contributed by atoms with E-state index in [1.165, 1.54) is 0 Å². The number of ether oxygens (including phenoxy) is 3. The second-order valence-corrected chi connectivity index (χ2v) is 5.55. The second-order valence-electron chi connectivity index (χ2n) is 5.55. The van der Waals surface area contributed by atoms with Gasteiger partial charge in [-0.2, -0.15) is 0 Å². The zero-order valence-electron chi connectivity index (χ0n) is 15.3. The largest absolute Gasteiger partial charge is 0.492 e. The lowest BCUT2D eigenvalue weighted by molar-refractivity contribution is -0.148. The molecule has 2 amide bonds. The van der Waals surface area contributed by atoms with Gasteiger partial charge in [-0.1, -0.05) is 36.4 Å². The van der Waals surface area contributed by atoms with E-state index in [0.717, 1.165) is 0 Å². The molecule has 0 aliphatic carbocycles. The molecule has 0 spiro atoms. The van der Waals surface area contributed by atoms with E-state index >= 15 is 0 Å². The smallest absolute Gasteiger partial charge is 0.325 e. The fourth-order valence-corrected chi connectivity index (χ4v) is 2.01. The van der Waals surface area contributed by atoms with Gasteiger partial charge in [-0.3, -0.25) is 14.4 Å². The Morgan fingerprint density at radius 2 is 1.29 bits per heavy atom. The number of para-hydroxylation sites is 2. The van der Waals surface area contributed by atoms with Crippen LogP contribution in [0.15, 0.2) is 60.7 Å². The standard InChI is InChI=1S/C20H22N2O6/c23-18(21-11-12-26-16-7-3-1-4-8-16)15-28-20(25)13-22-19(24)14-27-17-9-5-2-6-10-17/h1-10H,11-15H2,(H,21,23)(H,22,24). The van der Waals surface area contributed by atoms with Crippen molar-refractivity contribution < 1.29 is 28.6 Å². The van der Waals surface area contributed by atoms with Gasteiger partial charge in [0.25, 0.3) is 11.8 Å². The third-order valence-electron chi connectivity index (χ3n) is 3.34. The summed E-state index contributed by atoms with van der Waals surface area (Å²) in [7, 11) is 0. The number of carbonyl (C=O) groups is 3. The molecule has 0 unspecified atom stereocenters. The normalized spacial score (nSPS) is 9.86. The predicted octanol–water partition coefficient (Wildman–Crippen LogP) is 0.920. The topological polar surface area (TPSA) is 103 Å². The van der Waals surface area contributed by atoms with E-state index < -0.39 is 24.4 Å². The lowest BCUT2D eigenvalue weighted by atomic mass is 10.3. The molecular weight excluding hydrogens is 364 g/mol. The third-order valence-corrected chi connectivity index (χ3v) is 3.34. The Hall–Kier alpha value is -3.55. The van der Waals surface area contributed by atoms with Gasteiger partial charge in [0.05, 0.1) is 6.54 Å². The molecule has 8 heteroatoms. The number of amides is 2. The van der Waals surface area contributed by atoms with E-state index in [9.17, 15) is 14.4 Å². The van der Waals surface area contributed by atoms with Gasteiger partial charge in [0.1, 0.15) is 24.7 Å². The maximum absolute atomic E-state index is 11.6.